The van der Waals surface area contributed by atoms with Crippen LogP contribution >= 0.6 is 12.6 Å². The second-order valence-corrected chi connectivity index (χ2v) is 20.9. The molecule has 79 heavy (non-hydrogen) atoms. The number of aromatic hydroxyl groups is 1. The topological polar surface area (TPSA) is 406 Å². The Labute approximate surface area is 466 Å². The van der Waals surface area contributed by atoms with E-state index >= 15 is 0 Å². The molecule has 4 rings (SSSR count). The molecule has 27 heteroatoms. The molecule has 0 radical (unpaired) electrons. The van der Waals surface area contributed by atoms with Crippen LogP contribution in [-0.2, 0) is 54.4 Å². The van der Waals surface area contributed by atoms with E-state index < -0.39 is 132 Å². The Morgan fingerprint density at radius 2 is 1.20 bits per heavy atom. The lowest BCUT2D eigenvalue weighted by molar-refractivity contribution is -0.149. The number of rotatable bonds is 32. The number of aliphatic carboxylic acids is 1. The molecule has 0 saturated carbocycles. The number of aliphatic hydroxyl groups excluding tert-OH is 2. The van der Waals surface area contributed by atoms with Crippen molar-refractivity contribution in [2.45, 2.75) is 177 Å². The number of carbonyl (C=O) groups excluding carboxylic acids is 9. The minimum atomic E-state index is -1.75. The van der Waals surface area contributed by atoms with Crippen molar-refractivity contribution < 1.29 is 68.4 Å². The highest BCUT2D eigenvalue weighted by Crippen LogP contribution is 2.27. The van der Waals surface area contributed by atoms with E-state index in [1.807, 2.05) is 0 Å². The predicted molar refractivity (Wildman–Crippen MR) is 291 cm³/mol. The number of carboxylic acid groups (broad SMARTS) is 1. The zero-order valence-corrected chi connectivity index (χ0v) is 46.3. The molecule has 0 aliphatic carbocycles. The number of hydrogen-bond acceptors (Lipinski definition) is 17. The summed E-state index contributed by atoms with van der Waals surface area (Å²) in [4.78, 5) is 140. The van der Waals surface area contributed by atoms with Gasteiger partial charge in [0.15, 0.2) is 0 Å². The van der Waals surface area contributed by atoms with Gasteiger partial charge in [-0.25, -0.2) is 4.79 Å². The third-order valence-corrected chi connectivity index (χ3v) is 15.0. The fourth-order valence-electron chi connectivity index (χ4n) is 9.79. The molecule has 3 fully saturated rings. The molecule has 0 aromatic heterocycles. The van der Waals surface area contributed by atoms with E-state index in [0.29, 0.717) is 76.6 Å². The highest BCUT2D eigenvalue weighted by molar-refractivity contribution is 7.80. The van der Waals surface area contributed by atoms with E-state index in [0.717, 1.165) is 6.42 Å². The minimum Gasteiger partial charge on any atom is -0.508 e. The number of nitrogens with two attached hydrogens (primary N) is 2. The van der Waals surface area contributed by atoms with Crippen molar-refractivity contribution in [3.8, 4) is 5.75 Å². The highest BCUT2D eigenvalue weighted by Gasteiger charge is 2.45. The first-order valence-electron chi connectivity index (χ1n) is 27.5. The number of aliphatic hydroxyl groups is 2. The number of nitrogens with zero attached hydrogens (tertiary/aromatic N) is 2. The van der Waals surface area contributed by atoms with Gasteiger partial charge in [-0.2, -0.15) is 12.6 Å². The van der Waals surface area contributed by atoms with Gasteiger partial charge in [0, 0.05) is 25.3 Å². The van der Waals surface area contributed by atoms with Gasteiger partial charge in [-0.3, -0.25) is 43.2 Å². The standard InChI is InChI=1S/C52H84N12O14S/c1-4-29(2)41(51(76)64-25-11-16-40(64)50(75)63-24-10-15-39(63)48(73)57-35(52(77)78)13-6-8-22-54)61-46(71)37(27-65)59-45(70)36(26-31-17-19-32(67)20-18-31)58-49(74)42(30(3)66)62-47(72)38(28-79)60-44(69)34(12-5-7-21-53)56-43(68)33-14-9-23-55-33/h17-20,29-30,33-42,55,65-67,79H,4-16,21-28,53-54H2,1-3H3,(H,56,68)(H,57,73)(H,58,74)(H,59,70)(H,60,69)(H,61,71)(H,62,72)(H,77,78)/t29-,30+,33-,34-,35-,36-,37-,38-,39-,40-,41-,42-/m0/s1. The number of carbonyl (C=O) groups is 10. The lowest BCUT2D eigenvalue weighted by Gasteiger charge is -2.35. The van der Waals surface area contributed by atoms with Gasteiger partial charge in [-0.15, -0.1) is 0 Å². The van der Waals surface area contributed by atoms with Crippen molar-refractivity contribution in [3.63, 3.8) is 0 Å². The number of unbranched alkanes of at least 4 members (excludes halogenated alkanes) is 2. The van der Waals surface area contributed by atoms with Crippen LogP contribution in [0, 0.1) is 5.92 Å². The first-order valence-corrected chi connectivity index (χ1v) is 28.1. The van der Waals surface area contributed by atoms with E-state index in [-0.39, 0.29) is 62.6 Å². The molecule has 0 spiro atoms. The minimum absolute atomic E-state index is 0.109. The van der Waals surface area contributed by atoms with Crippen LogP contribution in [0.15, 0.2) is 24.3 Å². The summed E-state index contributed by atoms with van der Waals surface area (Å²) in [7, 11) is 0. The van der Waals surface area contributed by atoms with Gasteiger partial charge in [0.05, 0.1) is 18.8 Å². The fraction of sp³-hybridized carbons (Fsp3) is 0.692. The number of nitrogens with one attached hydrogen (secondary N) is 8. The summed E-state index contributed by atoms with van der Waals surface area (Å²) in [6, 6.07) is -6.81. The maximum atomic E-state index is 14.5. The SMILES string of the molecule is CC[C@H](C)[C@H](NC(=O)[C@H](CO)NC(=O)[C@H](Cc1ccc(O)cc1)NC(=O)[C@@H](NC(=O)[C@H](CS)NC(=O)[C@H](CCCCN)NC(=O)[C@@H]1CCCN1)[C@@H](C)O)C(=O)N1CCC[C@H]1C(=O)N1CCC[C@H]1C(=O)N[C@@H](CCCCN)C(=O)O. The molecular weight excluding hydrogens is 1050 g/mol. The summed E-state index contributed by atoms with van der Waals surface area (Å²) in [5, 5.41) is 62.1. The van der Waals surface area contributed by atoms with E-state index in [4.69, 9.17) is 11.5 Å². The van der Waals surface area contributed by atoms with Crippen LogP contribution in [0.5, 0.6) is 5.75 Å². The number of thiol groups is 1. The molecule has 3 heterocycles. The smallest absolute Gasteiger partial charge is 0.326 e. The van der Waals surface area contributed by atoms with E-state index in [1.54, 1.807) is 13.8 Å². The van der Waals surface area contributed by atoms with Crippen molar-refractivity contribution in [2.24, 2.45) is 17.4 Å². The number of amides is 9. The van der Waals surface area contributed by atoms with Gasteiger partial charge < -0.3 is 84.2 Å². The van der Waals surface area contributed by atoms with Crippen molar-refractivity contribution >= 4 is 71.8 Å². The summed E-state index contributed by atoms with van der Waals surface area (Å²) >= 11 is 4.24. The van der Waals surface area contributed by atoms with Gasteiger partial charge in [0.25, 0.3) is 0 Å². The number of benzene rings is 1. The zero-order valence-electron chi connectivity index (χ0n) is 45.5. The molecule has 1 aromatic carbocycles. The Hall–Kier alpha value is -6.13. The number of hydrogen-bond donors (Lipinski definition) is 15. The van der Waals surface area contributed by atoms with Crippen LogP contribution in [0.4, 0.5) is 0 Å². The van der Waals surface area contributed by atoms with Crippen LogP contribution in [0.25, 0.3) is 0 Å². The molecule has 3 saturated heterocycles. The first kappa shape index (κ1) is 65.4. The van der Waals surface area contributed by atoms with Gasteiger partial charge in [0.1, 0.15) is 60.1 Å². The fourth-order valence-corrected chi connectivity index (χ4v) is 10.0. The Morgan fingerprint density at radius 3 is 1.77 bits per heavy atom. The molecule has 9 amide bonds. The second-order valence-electron chi connectivity index (χ2n) is 20.6. The molecular formula is C52H84N12O14S. The zero-order chi connectivity index (χ0) is 58.3. The maximum Gasteiger partial charge on any atom is 0.326 e. The molecule has 442 valence electrons. The number of carboxylic acids is 1. The van der Waals surface area contributed by atoms with Crippen LogP contribution in [0.3, 0.4) is 0 Å². The highest BCUT2D eigenvalue weighted by atomic mass is 32.1. The second kappa shape index (κ2) is 32.8. The third kappa shape index (κ3) is 19.3. The van der Waals surface area contributed by atoms with Crippen molar-refractivity contribution in [1.29, 1.82) is 0 Å². The van der Waals surface area contributed by atoms with E-state index in [1.165, 1.54) is 41.0 Å². The average molecular weight is 1130 g/mol. The predicted octanol–water partition coefficient (Wildman–Crippen LogP) is -3.25. The number of phenolic OH excluding ortho intramolecular Hbond substituents is 1. The normalized spacial score (nSPS) is 20.5. The Bertz CT molecular complexity index is 2240. The molecule has 16 N–H and O–H groups in total. The van der Waals surface area contributed by atoms with Crippen LogP contribution < -0.4 is 54.0 Å². The van der Waals surface area contributed by atoms with Gasteiger partial charge >= 0.3 is 5.97 Å². The molecule has 12 atom stereocenters. The quantitative estimate of drug-likeness (QED) is 0.0249. The average Bonchev–Trinajstić information content (AvgIpc) is 4.28. The largest absolute Gasteiger partial charge is 0.508 e. The number of likely N-dealkylation sites (tertiary alicyclic amines) is 2. The monoisotopic (exact) mass is 1130 g/mol. The lowest BCUT2D eigenvalue weighted by Crippen LogP contribution is -2.63. The maximum absolute atomic E-state index is 14.5. The molecule has 26 nitrogen and oxygen atoms in total. The van der Waals surface area contributed by atoms with Crippen molar-refractivity contribution in [3.05, 3.63) is 29.8 Å². The van der Waals surface area contributed by atoms with Crippen LogP contribution in [0.1, 0.15) is 110 Å². The third-order valence-electron chi connectivity index (χ3n) is 14.7. The van der Waals surface area contributed by atoms with Crippen molar-refractivity contribution in [2.75, 3.05) is 45.1 Å². The molecule has 0 unspecified atom stereocenters. The summed E-state index contributed by atoms with van der Waals surface area (Å²) in [5.41, 5.74) is 11.6. The van der Waals surface area contributed by atoms with Gasteiger partial charge in [0.2, 0.25) is 53.2 Å². The summed E-state index contributed by atoms with van der Waals surface area (Å²) in [6.45, 7) is 5.36. The first-order chi connectivity index (χ1) is 37.7. The lowest BCUT2D eigenvalue weighted by atomic mass is 9.96. The Balaban J connectivity index is 1.49. The summed E-state index contributed by atoms with van der Waals surface area (Å²) in [5.74, 6) is -9.00. The van der Waals surface area contributed by atoms with Crippen molar-refractivity contribution in [1.82, 2.24) is 52.3 Å². The van der Waals surface area contributed by atoms with Gasteiger partial charge in [-0.1, -0.05) is 32.4 Å². The van der Waals surface area contributed by atoms with E-state index in [2.05, 4.69) is 55.2 Å². The van der Waals surface area contributed by atoms with Crippen LogP contribution in [-0.4, -0.2) is 201 Å². The Morgan fingerprint density at radius 1 is 0.658 bits per heavy atom. The summed E-state index contributed by atoms with van der Waals surface area (Å²) < 4.78 is 0. The Kier molecular flexibility index (Phi) is 27.2. The molecule has 0 bridgehead atoms. The molecule has 3 aliphatic rings. The van der Waals surface area contributed by atoms with Crippen LogP contribution in [0.2, 0.25) is 0 Å². The molecule has 3 aliphatic heterocycles. The summed E-state index contributed by atoms with van der Waals surface area (Å²) in [6.07, 6.45) is 3.71. The van der Waals surface area contributed by atoms with Gasteiger partial charge in [-0.05, 0) is 127 Å². The molecule has 1 aromatic rings. The van der Waals surface area contributed by atoms with E-state index in [9.17, 15) is 68.4 Å². The number of phenols is 1.